The number of carbonyl (C=O) groups excluding carboxylic acids is 1. The molecule has 1 heterocycles. The van der Waals surface area contributed by atoms with Crippen LogP contribution < -0.4 is 0 Å². The van der Waals surface area contributed by atoms with Crippen LogP contribution in [0.5, 0.6) is 0 Å². The maximum absolute atomic E-state index is 12.2. The average Bonchev–Trinajstić information content (AvgIpc) is 2.90. The highest BCUT2D eigenvalue weighted by Gasteiger charge is 2.22. The van der Waals surface area contributed by atoms with E-state index >= 15 is 0 Å². The first-order valence-electron chi connectivity index (χ1n) is 7.48. The van der Waals surface area contributed by atoms with Crippen molar-refractivity contribution in [1.82, 2.24) is 0 Å². The van der Waals surface area contributed by atoms with Gasteiger partial charge in [0.05, 0.1) is 0 Å². The van der Waals surface area contributed by atoms with E-state index in [1.54, 1.807) is 11.8 Å². The van der Waals surface area contributed by atoms with Gasteiger partial charge in [-0.05, 0) is 60.5 Å². The lowest BCUT2D eigenvalue weighted by atomic mass is 10.0. The fourth-order valence-corrected chi connectivity index (χ4v) is 4.16. The van der Waals surface area contributed by atoms with Crippen LogP contribution in [0.2, 0.25) is 5.02 Å². The molecule has 122 valence electrons. The molecule has 0 aromatic heterocycles. The first-order chi connectivity index (χ1) is 11.5. The van der Waals surface area contributed by atoms with Gasteiger partial charge in [-0.25, -0.2) is 4.99 Å². The highest BCUT2D eigenvalue weighted by Crippen LogP contribution is 2.33. The maximum atomic E-state index is 12.2. The van der Waals surface area contributed by atoms with Gasteiger partial charge in [-0.3, -0.25) is 4.79 Å². The smallest absolute Gasteiger partial charge is 0.244 e. The average molecular weight is 374 g/mol. The molecule has 2 nitrogen and oxygen atoms in total. The van der Waals surface area contributed by atoms with E-state index in [1.807, 2.05) is 44.2 Å². The number of hydrogen-bond acceptors (Lipinski definition) is 4. The summed E-state index contributed by atoms with van der Waals surface area (Å²) in [6.45, 7) is 4.08. The Morgan fingerprint density at radius 2 is 1.92 bits per heavy atom. The zero-order valence-electron chi connectivity index (χ0n) is 13.4. The van der Waals surface area contributed by atoms with Crippen molar-refractivity contribution in [2.24, 2.45) is 4.99 Å². The van der Waals surface area contributed by atoms with Gasteiger partial charge in [-0.2, -0.15) is 0 Å². The van der Waals surface area contributed by atoms with Crippen LogP contribution in [0.4, 0.5) is 0 Å². The van der Waals surface area contributed by atoms with E-state index in [2.05, 4.69) is 23.2 Å². The minimum Gasteiger partial charge on any atom is -0.279 e. The van der Waals surface area contributed by atoms with Crippen molar-refractivity contribution in [2.45, 2.75) is 19.6 Å². The molecule has 3 rings (SSSR count). The van der Waals surface area contributed by atoms with Crippen LogP contribution in [-0.2, 0) is 10.5 Å². The van der Waals surface area contributed by atoms with Crippen molar-refractivity contribution >= 4 is 50.7 Å². The Bertz CT molecular complexity index is 841. The van der Waals surface area contributed by atoms with Crippen LogP contribution in [0.15, 0.2) is 53.2 Å². The number of hydrogen-bond donors (Lipinski definition) is 0. The third kappa shape index (κ3) is 4.32. The molecule has 0 aliphatic carbocycles. The van der Waals surface area contributed by atoms with Crippen LogP contribution in [0, 0.1) is 13.8 Å². The highest BCUT2D eigenvalue weighted by molar-refractivity contribution is 8.45. The van der Waals surface area contributed by atoms with Gasteiger partial charge >= 0.3 is 0 Å². The predicted octanol–water partition coefficient (Wildman–Crippen LogP) is 5.86. The second kappa shape index (κ2) is 7.60. The van der Waals surface area contributed by atoms with E-state index in [0.717, 1.165) is 31.8 Å². The molecule has 0 fully saturated rings. The molecule has 2 aromatic carbocycles. The summed E-state index contributed by atoms with van der Waals surface area (Å²) in [6.07, 6.45) is 1.88. The van der Waals surface area contributed by atoms with Crippen LogP contribution >= 0.6 is 35.1 Å². The Morgan fingerprint density at radius 1 is 1.17 bits per heavy atom. The Kier molecular flexibility index (Phi) is 5.49. The summed E-state index contributed by atoms with van der Waals surface area (Å²) < 4.78 is 0.798. The molecule has 1 aliphatic heterocycles. The van der Waals surface area contributed by atoms with Gasteiger partial charge in [0.15, 0.2) is 0 Å². The van der Waals surface area contributed by atoms with Crippen LogP contribution in [0.3, 0.4) is 0 Å². The Hall–Kier alpha value is -1.49. The summed E-state index contributed by atoms with van der Waals surface area (Å²) in [7, 11) is 0. The summed E-state index contributed by atoms with van der Waals surface area (Å²) in [6, 6.07) is 13.9. The molecule has 0 radical (unpaired) electrons. The Labute approximate surface area is 155 Å². The number of aryl methyl sites for hydroxylation is 2. The molecular weight excluding hydrogens is 358 g/mol. The molecule has 24 heavy (non-hydrogen) atoms. The molecule has 0 N–H and O–H groups in total. The van der Waals surface area contributed by atoms with E-state index in [-0.39, 0.29) is 5.12 Å². The van der Waals surface area contributed by atoms with E-state index < -0.39 is 0 Å². The van der Waals surface area contributed by atoms with Crippen LogP contribution in [0.1, 0.15) is 22.3 Å². The monoisotopic (exact) mass is 373 g/mol. The Morgan fingerprint density at radius 3 is 2.67 bits per heavy atom. The van der Waals surface area contributed by atoms with Crippen molar-refractivity contribution in [3.05, 3.63) is 75.4 Å². The number of benzene rings is 2. The third-order valence-corrected chi connectivity index (χ3v) is 5.94. The number of aliphatic imine (C=N–C) groups is 1. The fraction of sp³-hybridized carbons (Fsp3) is 0.158. The summed E-state index contributed by atoms with van der Waals surface area (Å²) in [5.41, 5.74) is 5.04. The van der Waals surface area contributed by atoms with Crippen molar-refractivity contribution < 1.29 is 4.79 Å². The lowest BCUT2D eigenvalue weighted by Gasteiger charge is -2.02. The van der Waals surface area contributed by atoms with Crippen LogP contribution in [0.25, 0.3) is 6.08 Å². The summed E-state index contributed by atoms with van der Waals surface area (Å²) in [5, 5.41) is 0.736. The van der Waals surface area contributed by atoms with Gasteiger partial charge < -0.3 is 0 Å². The number of halogens is 1. The van der Waals surface area contributed by atoms with E-state index in [1.165, 1.54) is 17.3 Å². The zero-order chi connectivity index (χ0) is 17.1. The SMILES string of the molecule is Cc1ccc(C)c(/C=C2\N=C(SCc3ccc(Cl)cc3)SC2=O)c1. The van der Waals surface area contributed by atoms with E-state index in [9.17, 15) is 4.79 Å². The summed E-state index contributed by atoms with van der Waals surface area (Å²) >= 11 is 8.67. The molecular formula is C19H16ClNOS2. The summed E-state index contributed by atoms with van der Waals surface area (Å²) in [4.78, 5) is 16.7. The minimum atomic E-state index is 0.00881. The van der Waals surface area contributed by atoms with Crippen molar-refractivity contribution in [3.63, 3.8) is 0 Å². The largest absolute Gasteiger partial charge is 0.279 e. The fourth-order valence-electron chi connectivity index (χ4n) is 2.24. The van der Waals surface area contributed by atoms with Gasteiger partial charge in [0.25, 0.3) is 0 Å². The van der Waals surface area contributed by atoms with Gasteiger partial charge in [-0.15, -0.1) is 0 Å². The van der Waals surface area contributed by atoms with Crippen molar-refractivity contribution in [3.8, 4) is 0 Å². The van der Waals surface area contributed by atoms with Crippen molar-refractivity contribution in [2.75, 3.05) is 0 Å². The van der Waals surface area contributed by atoms with E-state index in [4.69, 9.17) is 11.6 Å². The van der Waals surface area contributed by atoms with Crippen LogP contribution in [-0.4, -0.2) is 9.49 Å². The predicted molar refractivity (Wildman–Crippen MR) is 107 cm³/mol. The molecule has 5 heteroatoms. The normalized spacial score (nSPS) is 15.9. The van der Waals surface area contributed by atoms with Gasteiger partial charge in [-0.1, -0.05) is 59.3 Å². The lowest BCUT2D eigenvalue weighted by molar-refractivity contribution is -0.107. The molecule has 0 amide bonds. The first-order valence-corrected chi connectivity index (χ1v) is 9.66. The highest BCUT2D eigenvalue weighted by atomic mass is 35.5. The molecule has 0 saturated heterocycles. The molecule has 1 aliphatic rings. The molecule has 0 spiro atoms. The second-order valence-electron chi connectivity index (χ2n) is 5.57. The molecule has 2 aromatic rings. The Balaban J connectivity index is 1.74. The maximum Gasteiger partial charge on any atom is 0.244 e. The number of nitrogens with zero attached hydrogens (tertiary/aromatic N) is 1. The summed E-state index contributed by atoms with van der Waals surface area (Å²) in [5.74, 6) is 0.771. The van der Waals surface area contributed by atoms with Gasteiger partial charge in [0, 0.05) is 10.8 Å². The standard InChI is InChI=1S/C19H16ClNOS2/c1-12-3-4-13(2)15(9-12)10-17-18(22)24-19(21-17)23-11-14-5-7-16(20)8-6-14/h3-10H,11H2,1-2H3/b17-10-. The lowest BCUT2D eigenvalue weighted by Crippen LogP contribution is -1.90. The topological polar surface area (TPSA) is 29.4 Å². The quantitative estimate of drug-likeness (QED) is 0.631. The number of rotatable bonds is 3. The number of carbonyl (C=O) groups is 1. The van der Waals surface area contributed by atoms with Crippen molar-refractivity contribution in [1.29, 1.82) is 0 Å². The minimum absolute atomic E-state index is 0.00881. The molecule has 0 saturated carbocycles. The zero-order valence-corrected chi connectivity index (χ0v) is 15.8. The number of thioether (sulfide) groups is 2. The van der Waals surface area contributed by atoms with Gasteiger partial charge in [0.2, 0.25) is 5.12 Å². The second-order valence-corrected chi connectivity index (χ2v) is 8.19. The van der Waals surface area contributed by atoms with E-state index in [0.29, 0.717) is 5.70 Å². The first kappa shape index (κ1) is 17.3. The van der Waals surface area contributed by atoms with Gasteiger partial charge in [0.1, 0.15) is 10.1 Å². The molecule has 0 atom stereocenters. The third-order valence-electron chi connectivity index (χ3n) is 3.60. The molecule has 0 unspecified atom stereocenters. The molecule has 0 bridgehead atoms.